The van der Waals surface area contributed by atoms with E-state index in [9.17, 15) is 4.79 Å². The first-order valence-corrected chi connectivity index (χ1v) is 5.29. The number of carbonyl (C=O) groups is 1. The first-order chi connectivity index (χ1) is 6.64. The highest BCUT2D eigenvalue weighted by atomic mass is 16.6. The Kier molecular flexibility index (Phi) is 3.01. The maximum absolute atomic E-state index is 11.6. The summed E-state index contributed by atoms with van der Waals surface area (Å²) >= 11 is 0. The second-order valence-electron chi connectivity index (χ2n) is 5.73. The van der Waals surface area contributed by atoms with Crippen molar-refractivity contribution in [1.29, 1.82) is 0 Å². The summed E-state index contributed by atoms with van der Waals surface area (Å²) in [5.74, 6) is 0. The van der Waals surface area contributed by atoms with Crippen LogP contribution in [0.2, 0.25) is 0 Å². The van der Waals surface area contributed by atoms with Crippen molar-refractivity contribution in [2.45, 2.75) is 38.8 Å². The molecule has 1 aliphatic rings. The van der Waals surface area contributed by atoms with Crippen LogP contribution in [0.4, 0.5) is 4.79 Å². The van der Waals surface area contributed by atoms with Gasteiger partial charge >= 0.3 is 6.09 Å². The molecule has 1 saturated heterocycles. The third kappa shape index (κ3) is 2.84. The molecule has 0 N–H and O–H groups in total. The highest BCUT2D eigenvalue weighted by molar-refractivity contribution is 5.69. The first-order valence-electron chi connectivity index (χ1n) is 5.29. The van der Waals surface area contributed by atoms with Gasteiger partial charge in [-0.2, -0.15) is 0 Å². The second-order valence-corrected chi connectivity index (χ2v) is 5.73. The third-order valence-electron chi connectivity index (χ3n) is 2.79. The zero-order chi connectivity index (χ0) is 11.9. The van der Waals surface area contributed by atoms with Gasteiger partial charge in [-0.05, 0) is 41.8 Å². The van der Waals surface area contributed by atoms with Crippen molar-refractivity contribution in [3.8, 4) is 0 Å². The molecule has 15 heavy (non-hydrogen) atoms. The molecular formula is C11H22N2O2. The molecule has 0 aromatic rings. The van der Waals surface area contributed by atoms with Gasteiger partial charge in [-0.15, -0.1) is 0 Å². The fourth-order valence-electron chi connectivity index (χ4n) is 1.51. The topological polar surface area (TPSA) is 32.8 Å². The maximum atomic E-state index is 11.6. The molecule has 0 aromatic carbocycles. The van der Waals surface area contributed by atoms with Gasteiger partial charge in [0.1, 0.15) is 5.60 Å². The molecule has 1 rings (SSSR count). The van der Waals surface area contributed by atoms with Crippen LogP contribution in [-0.4, -0.2) is 54.2 Å². The van der Waals surface area contributed by atoms with Gasteiger partial charge in [0.25, 0.3) is 0 Å². The maximum Gasteiger partial charge on any atom is 0.410 e. The minimum atomic E-state index is -0.402. The van der Waals surface area contributed by atoms with Crippen LogP contribution < -0.4 is 0 Å². The molecule has 1 fully saturated rings. The molecule has 0 unspecified atom stereocenters. The zero-order valence-electron chi connectivity index (χ0n) is 10.6. The van der Waals surface area contributed by atoms with Crippen molar-refractivity contribution < 1.29 is 9.53 Å². The van der Waals surface area contributed by atoms with Crippen LogP contribution in [0.5, 0.6) is 0 Å². The Labute approximate surface area is 92.2 Å². The summed E-state index contributed by atoms with van der Waals surface area (Å²) in [5, 5.41) is 0. The lowest BCUT2D eigenvalue weighted by Gasteiger charge is -2.51. The van der Waals surface area contributed by atoms with Crippen molar-refractivity contribution >= 4 is 6.09 Å². The fraction of sp³-hybridized carbons (Fsp3) is 0.909. The standard InChI is InChI=1S/C11H22N2O2/c1-10(2,3)15-9(14)13-7-11(4,8-13)12(5)6/h7-8H2,1-6H3. The Morgan fingerprint density at radius 2 is 1.80 bits per heavy atom. The normalized spacial score (nSPS) is 20.1. The highest BCUT2D eigenvalue weighted by Gasteiger charge is 2.44. The van der Waals surface area contributed by atoms with Gasteiger partial charge < -0.3 is 14.5 Å². The lowest BCUT2D eigenvalue weighted by atomic mass is 9.91. The molecule has 4 nitrogen and oxygen atoms in total. The Balaban J connectivity index is 2.42. The predicted molar refractivity (Wildman–Crippen MR) is 59.9 cm³/mol. The Hall–Kier alpha value is -0.770. The molecule has 0 bridgehead atoms. The molecule has 88 valence electrons. The average Bonchev–Trinajstić information content (AvgIpc) is 1.94. The summed E-state index contributed by atoms with van der Waals surface area (Å²) in [6.45, 7) is 9.29. The van der Waals surface area contributed by atoms with Gasteiger partial charge in [0.15, 0.2) is 0 Å². The number of amides is 1. The summed E-state index contributed by atoms with van der Waals surface area (Å²) in [6.07, 6.45) is -0.207. The van der Waals surface area contributed by atoms with Crippen LogP contribution in [0, 0.1) is 0 Å². The molecule has 0 aromatic heterocycles. The largest absolute Gasteiger partial charge is 0.444 e. The summed E-state index contributed by atoms with van der Waals surface area (Å²) in [5.41, 5.74) is -0.294. The van der Waals surface area contributed by atoms with E-state index in [1.807, 2.05) is 34.9 Å². The van der Waals surface area contributed by atoms with Crippen LogP contribution in [0.3, 0.4) is 0 Å². The van der Waals surface area contributed by atoms with Gasteiger partial charge in [-0.3, -0.25) is 0 Å². The van der Waals surface area contributed by atoms with Crippen molar-refractivity contribution in [3.63, 3.8) is 0 Å². The van der Waals surface area contributed by atoms with Gasteiger partial charge in [0.05, 0.1) is 5.54 Å². The van der Waals surface area contributed by atoms with Crippen molar-refractivity contribution in [2.24, 2.45) is 0 Å². The molecule has 0 aliphatic carbocycles. The number of likely N-dealkylation sites (tertiary alicyclic amines) is 1. The van der Waals surface area contributed by atoms with Gasteiger partial charge in [-0.25, -0.2) is 4.79 Å². The van der Waals surface area contributed by atoms with Crippen LogP contribution >= 0.6 is 0 Å². The van der Waals surface area contributed by atoms with E-state index in [1.165, 1.54) is 0 Å². The van der Waals surface area contributed by atoms with Crippen molar-refractivity contribution in [1.82, 2.24) is 9.80 Å². The number of likely N-dealkylation sites (N-methyl/N-ethyl adjacent to an activating group) is 1. The third-order valence-corrected chi connectivity index (χ3v) is 2.79. The number of rotatable bonds is 1. The summed E-state index contributed by atoms with van der Waals surface area (Å²) in [4.78, 5) is 15.5. The number of carbonyl (C=O) groups excluding carboxylic acids is 1. The summed E-state index contributed by atoms with van der Waals surface area (Å²) in [7, 11) is 4.07. The minimum absolute atomic E-state index is 0.108. The van der Waals surface area contributed by atoms with Crippen LogP contribution in [0.1, 0.15) is 27.7 Å². The molecule has 4 heteroatoms. The molecule has 0 spiro atoms. The number of nitrogens with zero attached hydrogens (tertiary/aromatic N) is 2. The van der Waals surface area contributed by atoms with E-state index in [0.29, 0.717) is 0 Å². The first kappa shape index (κ1) is 12.3. The van der Waals surface area contributed by atoms with E-state index in [-0.39, 0.29) is 11.6 Å². The number of ether oxygens (including phenoxy) is 1. The average molecular weight is 214 g/mol. The van der Waals surface area contributed by atoms with Gasteiger partial charge in [-0.1, -0.05) is 0 Å². The van der Waals surface area contributed by atoms with Crippen LogP contribution in [0.25, 0.3) is 0 Å². The molecule has 0 saturated carbocycles. The Bertz CT molecular complexity index is 250. The van der Waals surface area contributed by atoms with E-state index in [2.05, 4.69) is 11.8 Å². The van der Waals surface area contributed by atoms with Crippen LogP contribution in [0.15, 0.2) is 0 Å². The monoisotopic (exact) mass is 214 g/mol. The van der Waals surface area contributed by atoms with Crippen molar-refractivity contribution in [2.75, 3.05) is 27.2 Å². The summed E-state index contributed by atoms with van der Waals surface area (Å²) < 4.78 is 5.28. The van der Waals surface area contributed by atoms with Crippen molar-refractivity contribution in [3.05, 3.63) is 0 Å². The van der Waals surface area contributed by atoms with E-state index >= 15 is 0 Å². The fourth-order valence-corrected chi connectivity index (χ4v) is 1.51. The molecule has 1 aliphatic heterocycles. The molecule has 0 radical (unpaired) electrons. The summed E-state index contributed by atoms with van der Waals surface area (Å²) in [6, 6.07) is 0. The van der Waals surface area contributed by atoms with E-state index in [0.717, 1.165) is 13.1 Å². The Morgan fingerprint density at radius 1 is 1.33 bits per heavy atom. The molecule has 0 atom stereocenters. The van der Waals surface area contributed by atoms with Crippen LogP contribution in [-0.2, 0) is 4.74 Å². The zero-order valence-corrected chi connectivity index (χ0v) is 10.6. The molecule has 1 heterocycles. The SMILES string of the molecule is CN(C)C1(C)CN(C(=O)OC(C)(C)C)C1. The van der Waals surface area contributed by atoms with E-state index in [4.69, 9.17) is 4.74 Å². The smallest absolute Gasteiger partial charge is 0.410 e. The second kappa shape index (κ2) is 3.67. The molecular weight excluding hydrogens is 192 g/mol. The van der Waals surface area contributed by atoms with E-state index in [1.54, 1.807) is 4.90 Å². The Morgan fingerprint density at radius 3 is 2.13 bits per heavy atom. The number of hydrogen-bond acceptors (Lipinski definition) is 3. The predicted octanol–water partition coefficient (Wildman–Crippen LogP) is 1.56. The van der Waals surface area contributed by atoms with Gasteiger partial charge in [0, 0.05) is 13.1 Å². The quantitative estimate of drug-likeness (QED) is 0.664. The lowest BCUT2D eigenvalue weighted by Crippen LogP contribution is -2.68. The lowest BCUT2D eigenvalue weighted by molar-refractivity contribution is -0.0404. The van der Waals surface area contributed by atoms with E-state index < -0.39 is 5.60 Å². The minimum Gasteiger partial charge on any atom is -0.444 e. The van der Waals surface area contributed by atoms with Gasteiger partial charge in [0.2, 0.25) is 0 Å². The highest BCUT2D eigenvalue weighted by Crippen LogP contribution is 2.26. The molecule has 1 amide bonds. The number of hydrogen-bond donors (Lipinski definition) is 0.